The molecular weight excluding hydrogens is 432 g/mol. The molecule has 2 aromatic rings. The first-order chi connectivity index (χ1) is 16.5. The van der Waals surface area contributed by atoms with Crippen molar-refractivity contribution in [2.45, 2.75) is 63.5 Å². The maximum absolute atomic E-state index is 12.7. The smallest absolute Gasteiger partial charge is 0.407 e. The largest absolute Gasteiger partial charge is 0.481 e. The number of hydrogen-bond acceptors (Lipinski definition) is 4. The summed E-state index contributed by atoms with van der Waals surface area (Å²) in [6.45, 7) is 2.06. The zero-order valence-corrected chi connectivity index (χ0v) is 19.5. The molecule has 4 rings (SSSR count). The van der Waals surface area contributed by atoms with Crippen LogP contribution < -0.4 is 10.6 Å². The fourth-order valence-electron chi connectivity index (χ4n) is 4.96. The summed E-state index contributed by atoms with van der Waals surface area (Å²) in [7, 11) is 0. The standard InChI is InChI=1S/C27H32N2O5/c1-2-18(14-26(31)32)28-25(30)15-24(17-8-7-9-17)29-27(33)34-16-23-21-12-5-3-10-19(21)20-11-4-6-13-22(20)23/h3-6,10-13,17-18,23-24H,2,7-9,14-16H2,1H3,(H,28,30)(H,29,33)(H,31,32)/t18-,24?/m0/s1. The fraction of sp³-hybridized carbons (Fsp3) is 0.444. The quantitative estimate of drug-likeness (QED) is 0.482. The van der Waals surface area contributed by atoms with Crippen molar-refractivity contribution in [3.8, 4) is 11.1 Å². The van der Waals surface area contributed by atoms with Crippen molar-refractivity contribution in [3.05, 3.63) is 59.7 Å². The highest BCUT2D eigenvalue weighted by atomic mass is 16.5. The minimum atomic E-state index is -0.945. The van der Waals surface area contributed by atoms with Gasteiger partial charge in [0.05, 0.1) is 6.42 Å². The number of carbonyl (C=O) groups is 3. The van der Waals surface area contributed by atoms with Crippen molar-refractivity contribution >= 4 is 18.0 Å². The van der Waals surface area contributed by atoms with Crippen LogP contribution >= 0.6 is 0 Å². The Bertz CT molecular complexity index is 1000. The van der Waals surface area contributed by atoms with Gasteiger partial charge in [0.15, 0.2) is 0 Å². The average Bonchev–Trinajstić information content (AvgIpc) is 3.09. The van der Waals surface area contributed by atoms with Crippen LogP contribution in [-0.4, -0.2) is 41.8 Å². The molecule has 7 heteroatoms. The summed E-state index contributed by atoms with van der Waals surface area (Å²) in [6.07, 6.45) is 2.99. The van der Waals surface area contributed by atoms with E-state index in [-0.39, 0.29) is 43.2 Å². The summed E-state index contributed by atoms with van der Waals surface area (Å²) in [4.78, 5) is 36.3. The van der Waals surface area contributed by atoms with Gasteiger partial charge in [-0.05, 0) is 47.4 Å². The van der Waals surface area contributed by atoms with Gasteiger partial charge in [-0.15, -0.1) is 0 Å². The van der Waals surface area contributed by atoms with Crippen LogP contribution in [0.25, 0.3) is 11.1 Å². The highest BCUT2D eigenvalue weighted by Gasteiger charge is 2.33. The van der Waals surface area contributed by atoms with Crippen molar-refractivity contribution in [1.29, 1.82) is 0 Å². The van der Waals surface area contributed by atoms with Crippen LogP contribution in [0.1, 0.15) is 62.5 Å². The lowest BCUT2D eigenvalue weighted by molar-refractivity contribution is -0.137. The second-order valence-electron chi connectivity index (χ2n) is 9.24. The number of carboxylic acid groups (broad SMARTS) is 1. The van der Waals surface area contributed by atoms with Gasteiger partial charge >= 0.3 is 12.1 Å². The molecule has 7 nitrogen and oxygen atoms in total. The Morgan fingerprint density at radius 3 is 2.12 bits per heavy atom. The number of benzene rings is 2. The number of hydrogen-bond donors (Lipinski definition) is 3. The lowest BCUT2D eigenvalue weighted by Gasteiger charge is -2.34. The molecule has 0 saturated heterocycles. The Morgan fingerprint density at radius 2 is 1.59 bits per heavy atom. The molecule has 2 amide bonds. The summed E-state index contributed by atoms with van der Waals surface area (Å²) in [5.74, 6) is -0.987. The van der Waals surface area contributed by atoms with Crippen molar-refractivity contribution in [3.63, 3.8) is 0 Å². The van der Waals surface area contributed by atoms with Crippen molar-refractivity contribution in [1.82, 2.24) is 10.6 Å². The molecule has 2 aliphatic rings. The Labute approximate surface area is 199 Å². The molecule has 1 unspecified atom stereocenters. The monoisotopic (exact) mass is 464 g/mol. The second kappa shape index (κ2) is 10.7. The summed E-state index contributed by atoms with van der Waals surface area (Å²) in [6, 6.07) is 15.6. The van der Waals surface area contributed by atoms with Crippen LogP contribution in [0.3, 0.4) is 0 Å². The molecule has 1 saturated carbocycles. The maximum atomic E-state index is 12.7. The molecule has 0 aromatic heterocycles. The zero-order chi connectivity index (χ0) is 24.1. The minimum absolute atomic E-state index is 0.0232. The molecule has 2 atom stereocenters. The summed E-state index contributed by atoms with van der Waals surface area (Å²) in [5, 5.41) is 14.7. The van der Waals surface area contributed by atoms with Crippen LogP contribution in [0, 0.1) is 5.92 Å². The maximum Gasteiger partial charge on any atom is 0.407 e. The first kappa shape index (κ1) is 23.8. The van der Waals surface area contributed by atoms with E-state index in [1.807, 2.05) is 31.2 Å². The topological polar surface area (TPSA) is 105 Å². The van der Waals surface area contributed by atoms with E-state index in [0.29, 0.717) is 6.42 Å². The van der Waals surface area contributed by atoms with Crippen LogP contribution in [0.5, 0.6) is 0 Å². The first-order valence-corrected chi connectivity index (χ1v) is 12.1. The predicted octanol–water partition coefficient (Wildman–Crippen LogP) is 4.45. The molecule has 3 N–H and O–H groups in total. The van der Waals surface area contributed by atoms with Gasteiger partial charge in [0.2, 0.25) is 5.91 Å². The molecule has 34 heavy (non-hydrogen) atoms. The lowest BCUT2D eigenvalue weighted by Crippen LogP contribution is -2.47. The van der Waals surface area contributed by atoms with E-state index in [1.54, 1.807) is 0 Å². The third-order valence-corrected chi connectivity index (χ3v) is 7.05. The third-order valence-electron chi connectivity index (χ3n) is 7.05. The fourth-order valence-corrected chi connectivity index (χ4v) is 4.96. The molecule has 1 fully saturated rings. The van der Waals surface area contributed by atoms with E-state index in [2.05, 4.69) is 34.9 Å². The van der Waals surface area contributed by atoms with Gasteiger partial charge in [0.25, 0.3) is 0 Å². The van der Waals surface area contributed by atoms with Gasteiger partial charge in [0.1, 0.15) is 6.61 Å². The van der Waals surface area contributed by atoms with Crippen LogP contribution in [0.4, 0.5) is 4.79 Å². The first-order valence-electron chi connectivity index (χ1n) is 12.1. The molecule has 0 spiro atoms. The molecule has 0 aliphatic heterocycles. The molecule has 2 aromatic carbocycles. The third kappa shape index (κ3) is 5.41. The Hall–Kier alpha value is -3.35. The number of fused-ring (bicyclic) bond motifs is 3. The average molecular weight is 465 g/mol. The molecule has 180 valence electrons. The SMILES string of the molecule is CC[C@@H](CC(=O)O)NC(=O)CC(NC(=O)OCC1c2ccccc2-c2ccccc21)C1CCC1. The number of nitrogens with one attached hydrogen (secondary N) is 2. The van der Waals surface area contributed by atoms with Crippen LogP contribution in [0.15, 0.2) is 48.5 Å². The highest BCUT2D eigenvalue weighted by Crippen LogP contribution is 2.44. The summed E-state index contributed by atoms with van der Waals surface area (Å²) >= 11 is 0. The number of aliphatic carboxylic acids is 1. The van der Waals surface area contributed by atoms with E-state index in [0.717, 1.165) is 30.4 Å². The van der Waals surface area contributed by atoms with E-state index in [9.17, 15) is 14.4 Å². The van der Waals surface area contributed by atoms with E-state index in [4.69, 9.17) is 9.84 Å². The van der Waals surface area contributed by atoms with E-state index in [1.165, 1.54) is 11.1 Å². The lowest BCUT2D eigenvalue weighted by atomic mass is 9.78. The van der Waals surface area contributed by atoms with E-state index < -0.39 is 18.1 Å². The number of amides is 2. The van der Waals surface area contributed by atoms with Crippen molar-refractivity contribution in [2.75, 3.05) is 6.61 Å². The molecule has 2 aliphatic carbocycles. The van der Waals surface area contributed by atoms with Crippen LogP contribution in [-0.2, 0) is 14.3 Å². The van der Waals surface area contributed by atoms with Crippen molar-refractivity contribution < 1.29 is 24.2 Å². The Balaban J connectivity index is 1.36. The number of rotatable bonds is 10. The van der Waals surface area contributed by atoms with E-state index >= 15 is 0 Å². The van der Waals surface area contributed by atoms with Gasteiger partial charge in [0, 0.05) is 24.4 Å². The molecule has 0 bridgehead atoms. The van der Waals surface area contributed by atoms with Gasteiger partial charge in [-0.25, -0.2) is 4.79 Å². The Morgan fingerprint density at radius 1 is 0.971 bits per heavy atom. The van der Waals surface area contributed by atoms with Gasteiger partial charge in [-0.1, -0.05) is 61.9 Å². The normalized spacial score (nSPS) is 16.5. The van der Waals surface area contributed by atoms with Crippen LogP contribution in [0.2, 0.25) is 0 Å². The summed E-state index contributed by atoms with van der Waals surface area (Å²) in [5.41, 5.74) is 4.64. The number of carboxylic acids is 1. The summed E-state index contributed by atoms with van der Waals surface area (Å²) < 4.78 is 5.67. The van der Waals surface area contributed by atoms with Gasteiger partial charge in [-0.3, -0.25) is 9.59 Å². The Kier molecular flexibility index (Phi) is 7.50. The number of alkyl carbamates (subject to hydrolysis) is 1. The second-order valence-corrected chi connectivity index (χ2v) is 9.24. The zero-order valence-electron chi connectivity index (χ0n) is 19.5. The number of ether oxygens (including phenoxy) is 1. The van der Waals surface area contributed by atoms with Gasteiger partial charge < -0.3 is 20.5 Å². The van der Waals surface area contributed by atoms with Gasteiger partial charge in [-0.2, -0.15) is 0 Å². The van der Waals surface area contributed by atoms with Crippen molar-refractivity contribution in [2.24, 2.45) is 5.92 Å². The minimum Gasteiger partial charge on any atom is -0.481 e. The number of carbonyl (C=O) groups excluding carboxylic acids is 2. The molecular formula is C27H32N2O5. The highest BCUT2D eigenvalue weighted by molar-refractivity contribution is 5.80. The predicted molar refractivity (Wildman–Crippen MR) is 128 cm³/mol. The molecule has 0 radical (unpaired) electrons. The molecule has 0 heterocycles.